The van der Waals surface area contributed by atoms with Crippen molar-refractivity contribution in [3.63, 3.8) is 0 Å². The van der Waals surface area contributed by atoms with Crippen LogP contribution in [0.1, 0.15) is 11.4 Å². The molecule has 0 aliphatic carbocycles. The minimum absolute atomic E-state index is 0.334. The standard InChI is InChI=1S/C14H11Cl2N3/c1-9-10(16)3-2-4-12(9)19-13-5-6-17-8-11(13)18-14(19)7-15/h2-6,8H,7H2,1H3. The number of nitrogens with zero attached hydrogens (tertiary/aromatic N) is 3. The van der Waals surface area contributed by atoms with Crippen LogP contribution >= 0.6 is 23.2 Å². The van der Waals surface area contributed by atoms with E-state index < -0.39 is 0 Å². The van der Waals surface area contributed by atoms with Gasteiger partial charge in [-0.2, -0.15) is 0 Å². The number of hydrogen-bond acceptors (Lipinski definition) is 2. The number of fused-ring (bicyclic) bond motifs is 1. The molecule has 3 rings (SSSR count). The van der Waals surface area contributed by atoms with Crippen molar-refractivity contribution < 1.29 is 0 Å². The summed E-state index contributed by atoms with van der Waals surface area (Å²) < 4.78 is 2.03. The van der Waals surface area contributed by atoms with Gasteiger partial charge in [-0.1, -0.05) is 17.7 Å². The summed E-state index contributed by atoms with van der Waals surface area (Å²) >= 11 is 12.2. The summed E-state index contributed by atoms with van der Waals surface area (Å²) in [5.41, 5.74) is 3.82. The van der Waals surface area contributed by atoms with Gasteiger partial charge in [-0.05, 0) is 30.7 Å². The number of rotatable bonds is 2. The molecule has 0 atom stereocenters. The van der Waals surface area contributed by atoms with Gasteiger partial charge in [-0.3, -0.25) is 9.55 Å². The number of halogens is 2. The van der Waals surface area contributed by atoms with Crippen molar-refractivity contribution in [3.8, 4) is 5.69 Å². The van der Waals surface area contributed by atoms with Crippen LogP contribution in [0.3, 0.4) is 0 Å². The Kier molecular flexibility index (Phi) is 3.17. The quantitative estimate of drug-likeness (QED) is 0.665. The summed E-state index contributed by atoms with van der Waals surface area (Å²) in [6, 6.07) is 7.74. The third-order valence-corrected chi connectivity index (χ3v) is 3.77. The zero-order valence-corrected chi connectivity index (χ0v) is 11.8. The molecule has 96 valence electrons. The van der Waals surface area contributed by atoms with E-state index >= 15 is 0 Å². The predicted octanol–water partition coefficient (Wildman–Crippen LogP) is 4.12. The second kappa shape index (κ2) is 4.83. The van der Waals surface area contributed by atoms with Gasteiger partial charge >= 0.3 is 0 Å². The Labute approximate surface area is 120 Å². The topological polar surface area (TPSA) is 30.7 Å². The smallest absolute Gasteiger partial charge is 0.129 e. The maximum atomic E-state index is 6.20. The van der Waals surface area contributed by atoms with E-state index in [1.54, 1.807) is 12.4 Å². The lowest BCUT2D eigenvalue weighted by atomic mass is 10.2. The molecule has 3 nitrogen and oxygen atoms in total. The fraction of sp³-hybridized carbons (Fsp3) is 0.143. The maximum absolute atomic E-state index is 6.20. The molecule has 0 bridgehead atoms. The predicted molar refractivity (Wildman–Crippen MR) is 78.2 cm³/mol. The Balaban J connectivity index is 2.38. The first-order valence-corrected chi connectivity index (χ1v) is 6.76. The van der Waals surface area contributed by atoms with Crippen LogP contribution < -0.4 is 0 Å². The van der Waals surface area contributed by atoms with Crippen molar-refractivity contribution in [1.82, 2.24) is 14.5 Å². The lowest BCUT2D eigenvalue weighted by molar-refractivity contribution is 0.972. The molecule has 0 fully saturated rings. The van der Waals surface area contributed by atoms with Gasteiger partial charge in [0.15, 0.2) is 0 Å². The van der Waals surface area contributed by atoms with E-state index in [0.717, 1.165) is 33.1 Å². The fourth-order valence-electron chi connectivity index (χ4n) is 2.18. The molecular weight excluding hydrogens is 281 g/mol. The molecule has 0 N–H and O–H groups in total. The number of pyridine rings is 1. The molecule has 0 saturated heterocycles. The zero-order valence-electron chi connectivity index (χ0n) is 10.3. The van der Waals surface area contributed by atoms with Gasteiger partial charge in [0.05, 0.1) is 23.3 Å². The van der Waals surface area contributed by atoms with Gasteiger partial charge in [0.1, 0.15) is 11.3 Å². The molecule has 5 heteroatoms. The lowest BCUT2D eigenvalue weighted by Gasteiger charge is -2.11. The van der Waals surface area contributed by atoms with Gasteiger partial charge in [0.2, 0.25) is 0 Å². The summed E-state index contributed by atoms with van der Waals surface area (Å²) in [5.74, 6) is 1.12. The largest absolute Gasteiger partial charge is 0.295 e. The van der Waals surface area contributed by atoms with Crippen molar-refractivity contribution in [1.29, 1.82) is 0 Å². The second-order valence-electron chi connectivity index (χ2n) is 4.25. The van der Waals surface area contributed by atoms with Crippen LogP contribution in [0.4, 0.5) is 0 Å². The third-order valence-electron chi connectivity index (χ3n) is 3.13. The first-order chi connectivity index (χ1) is 9.22. The molecule has 19 heavy (non-hydrogen) atoms. The third kappa shape index (κ3) is 1.99. The molecule has 0 unspecified atom stereocenters. The van der Waals surface area contributed by atoms with Crippen molar-refractivity contribution >= 4 is 34.2 Å². The van der Waals surface area contributed by atoms with Crippen LogP contribution in [0.2, 0.25) is 5.02 Å². The van der Waals surface area contributed by atoms with E-state index in [0.29, 0.717) is 5.88 Å². The molecule has 0 saturated carbocycles. The Morgan fingerprint density at radius 2 is 2.11 bits per heavy atom. The lowest BCUT2D eigenvalue weighted by Crippen LogP contribution is -2.01. The van der Waals surface area contributed by atoms with Gasteiger partial charge in [0, 0.05) is 11.2 Å². The maximum Gasteiger partial charge on any atom is 0.129 e. The fourth-order valence-corrected chi connectivity index (χ4v) is 2.53. The van der Waals surface area contributed by atoms with Gasteiger partial charge in [-0.15, -0.1) is 11.6 Å². The van der Waals surface area contributed by atoms with E-state index in [-0.39, 0.29) is 0 Å². The molecule has 0 amide bonds. The van der Waals surface area contributed by atoms with Crippen molar-refractivity contribution in [2.75, 3.05) is 0 Å². The van der Waals surface area contributed by atoms with Gasteiger partial charge in [-0.25, -0.2) is 4.98 Å². The summed E-state index contributed by atoms with van der Waals surface area (Å²) in [6.07, 6.45) is 3.49. The highest BCUT2D eigenvalue weighted by Crippen LogP contribution is 2.27. The highest BCUT2D eigenvalue weighted by molar-refractivity contribution is 6.31. The van der Waals surface area contributed by atoms with Crippen molar-refractivity contribution in [2.24, 2.45) is 0 Å². The molecule has 2 aromatic heterocycles. The molecule has 0 spiro atoms. The van der Waals surface area contributed by atoms with Crippen LogP contribution in [0, 0.1) is 6.92 Å². The number of imidazole rings is 1. The number of alkyl halides is 1. The number of benzene rings is 1. The van der Waals surface area contributed by atoms with Crippen LogP contribution in [0.15, 0.2) is 36.7 Å². The first-order valence-electron chi connectivity index (χ1n) is 5.85. The summed E-state index contributed by atoms with van der Waals surface area (Å²) in [4.78, 5) is 8.59. The SMILES string of the molecule is Cc1c(Cl)cccc1-n1c(CCl)nc2cnccc21. The highest BCUT2D eigenvalue weighted by atomic mass is 35.5. The monoisotopic (exact) mass is 291 g/mol. The summed E-state index contributed by atoms with van der Waals surface area (Å²) in [7, 11) is 0. The molecule has 0 aliphatic heterocycles. The molecule has 0 aliphatic rings. The Bertz CT molecular complexity index is 750. The summed E-state index contributed by atoms with van der Waals surface area (Å²) in [5, 5.41) is 0.730. The molecule has 3 aromatic rings. The van der Waals surface area contributed by atoms with Crippen LogP contribution in [-0.4, -0.2) is 14.5 Å². The van der Waals surface area contributed by atoms with E-state index in [2.05, 4.69) is 9.97 Å². The Hall–Kier alpha value is -1.58. The van der Waals surface area contributed by atoms with Crippen molar-refractivity contribution in [3.05, 3.63) is 53.1 Å². The van der Waals surface area contributed by atoms with Gasteiger partial charge < -0.3 is 0 Å². The normalized spacial score (nSPS) is 11.1. The minimum atomic E-state index is 0.334. The number of hydrogen-bond donors (Lipinski definition) is 0. The molecular formula is C14H11Cl2N3. The van der Waals surface area contributed by atoms with E-state index in [1.807, 2.05) is 35.8 Å². The molecule has 2 heterocycles. The number of aromatic nitrogens is 3. The average molecular weight is 292 g/mol. The van der Waals surface area contributed by atoms with Gasteiger partial charge in [0.25, 0.3) is 0 Å². The molecule has 0 radical (unpaired) electrons. The first kappa shape index (κ1) is 12.5. The van der Waals surface area contributed by atoms with E-state index in [4.69, 9.17) is 23.2 Å². The minimum Gasteiger partial charge on any atom is -0.295 e. The van der Waals surface area contributed by atoms with Crippen LogP contribution in [0.5, 0.6) is 0 Å². The van der Waals surface area contributed by atoms with E-state index in [9.17, 15) is 0 Å². The van der Waals surface area contributed by atoms with Crippen molar-refractivity contribution in [2.45, 2.75) is 12.8 Å². The highest BCUT2D eigenvalue weighted by Gasteiger charge is 2.14. The Morgan fingerprint density at radius 3 is 2.89 bits per heavy atom. The average Bonchev–Trinajstić information content (AvgIpc) is 2.80. The zero-order chi connectivity index (χ0) is 13.4. The summed E-state index contributed by atoms with van der Waals surface area (Å²) in [6.45, 7) is 1.99. The second-order valence-corrected chi connectivity index (χ2v) is 4.92. The van der Waals surface area contributed by atoms with Crippen LogP contribution in [-0.2, 0) is 5.88 Å². The Morgan fingerprint density at radius 1 is 1.26 bits per heavy atom. The van der Waals surface area contributed by atoms with E-state index in [1.165, 1.54) is 0 Å². The van der Waals surface area contributed by atoms with Crippen LogP contribution in [0.25, 0.3) is 16.7 Å². The molecule has 1 aromatic carbocycles.